The highest BCUT2D eigenvalue weighted by molar-refractivity contribution is 5.86. The SMILES string of the molecule is CCOC(=O)C1(Nc2ccccc2C)CCC1. The van der Waals surface area contributed by atoms with Gasteiger partial charge in [-0.2, -0.15) is 0 Å². The average molecular weight is 233 g/mol. The molecule has 0 unspecified atom stereocenters. The van der Waals surface area contributed by atoms with Gasteiger partial charge in [-0.15, -0.1) is 0 Å². The second-order valence-corrected chi connectivity index (χ2v) is 4.60. The first-order valence-electron chi connectivity index (χ1n) is 6.19. The zero-order valence-electron chi connectivity index (χ0n) is 10.5. The molecule has 0 aliphatic heterocycles. The van der Waals surface area contributed by atoms with Crippen molar-refractivity contribution >= 4 is 11.7 Å². The summed E-state index contributed by atoms with van der Waals surface area (Å²) in [5, 5.41) is 3.37. The van der Waals surface area contributed by atoms with E-state index in [1.165, 1.54) is 0 Å². The second kappa shape index (κ2) is 4.78. The van der Waals surface area contributed by atoms with Crippen LogP contribution in [0, 0.1) is 6.92 Å². The van der Waals surface area contributed by atoms with Crippen molar-refractivity contribution in [2.45, 2.75) is 38.6 Å². The monoisotopic (exact) mass is 233 g/mol. The van der Waals surface area contributed by atoms with Crippen LogP contribution in [0.2, 0.25) is 0 Å². The largest absolute Gasteiger partial charge is 0.464 e. The van der Waals surface area contributed by atoms with Gasteiger partial charge >= 0.3 is 5.97 Å². The van der Waals surface area contributed by atoms with Crippen molar-refractivity contribution < 1.29 is 9.53 Å². The Bertz CT molecular complexity index is 410. The van der Waals surface area contributed by atoms with Crippen LogP contribution < -0.4 is 5.32 Å². The molecule has 1 N–H and O–H groups in total. The van der Waals surface area contributed by atoms with Gasteiger partial charge in [0, 0.05) is 5.69 Å². The summed E-state index contributed by atoms with van der Waals surface area (Å²) in [6, 6.07) is 8.03. The molecule has 0 spiro atoms. The van der Waals surface area contributed by atoms with Crippen LogP contribution in [0.5, 0.6) is 0 Å². The molecule has 1 aliphatic carbocycles. The van der Waals surface area contributed by atoms with Crippen molar-refractivity contribution in [3.63, 3.8) is 0 Å². The number of carbonyl (C=O) groups excluding carboxylic acids is 1. The maximum atomic E-state index is 12.0. The first-order chi connectivity index (χ1) is 8.18. The summed E-state index contributed by atoms with van der Waals surface area (Å²) in [6.45, 7) is 4.33. The van der Waals surface area contributed by atoms with E-state index in [0.29, 0.717) is 6.61 Å². The van der Waals surface area contributed by atoms with Gasteiger partial charge in [0.25, 0.3) is 0 Å². The Labute approximate surface area is 102 Å². The minimum absolute atomic E-state index is 0.116. The molecule has 3 nitrogen and oxygen atoms in total. The van der Waals surface area contributed by atoms with E-state index >= 15 is 0 Å². The van der Waals surface area contributed by atoms with E-state index in [1.54, 1.807) is 0 Å². The lowest BCUT2D eigenvalue weighted by atomic mass is 9.76. The van der Waals surface area contributed by atoms with Crippen LogP contribution in [0.15, 0.2) is 24.3 Å². The molecule has 0 bridgehead atoms. The first-order valence-corrected chi connectivity index (χ1v) is 6.19. The molecule has 0 atom stereocenters. The standard InChI is InChI=1S/C14H19NO2/c1-3-17-13(16)14(9-6-10-14)15-12-8-5-4-7-11(12)2/h4-5,7-8,15H,3,6,9-10H2,1-2H3. The van der Waals surface area contributed by atoms with Crippen LogP contribution in [0.3, 0.4) is 0 Å². The minimum atomic E-state index is -0.484. The van der Waals surface area contributed by atoms with Crippen molar-refractivity contribution in [2.75, 3.05) is 11.9 Å². The molecule has 0 radical (unpaired) electrons. The van der Waals surface area contributed by atoms with Gasteiger partial charge in [-0.3, -0.25) is 0 Å². The molecule has 3 heteroatoms. The van der Waals surface area contributed by atoms with Crippen molar-refractivity contribution in [1.82, 2.24) is 0 Å². The topological polar surface area (TPSA) is 38.3 Å². The van der Waals surface area contributed by atoms with Gasteiger partial charge in [0.05, 0.1) is 6.61 Å². The van der Waals surface area contributed by atoms with Crippen molar-refractivity contribution in [3.05, 3.63) is 29.8 Å². The zero-order chi connectivity index (χ0) is 12.3. The van der Waals surface area contributed by atoms with E-state index in [1.807, 2.05) is 38.1 Å². The summed E-state index contributed by atoms with van der Waals surface area (Å²) < 4.78 is 5.16. The van der Waals surface area contributed by atoms with E-state index in [9.17, 15) is 4.79 Å². The summed E-state index contributed by atoms with van der Waals surface area (Å²) in [6.07, 6.45) is 2.80. The predicted octanol–water partition coefficient (Wildman–Crippen LogP) is 2.89. The molecule has 0 saturated heterocycles. The Hall–Kier alpha value is -1.51. The number of para-hydroxylation sites is 1. The Balaban J connectivity index is 2.15. The van der Waals surface area contributed by atoms with Gasteiger partial charge < -0.3 is 10.1 Å². The number of rotatable bonds is 4. The summed E-state index contributed by atoms with van der Waals surface area (Å²) >= 11 is 0. The normalized spacial score (nSPS) is 17.1. The number of anilines is 1. The predicted molar refractivity (Wildman–Crippen MR) is 68.0 cm³/mol. The molecule has 0 aromatic heterocycles. The van der Waals surface area contributed by atoms with Crippen molar-refractivity contribution in [3.8, 4) is 0 Å². The number of carbonyl (C=O) groups is 1. The zero-order valence-corrected chi connectivity index (χ0v) is 10.5. The van der Waals surface area contributed by atoms with Gasteiger partial charge in [-0.1, -0.05) is 18.2 Å². The van der Waals surface area contributed by atoms with Crippen LogP contribution in [0.4, 0.5) is 5.69 Å². The second-order valence-electron chi connectivity index (χ2n) is 4.60. The lowest BCUT2D eigenvalue weighted by molar-refractivity contribution is -0.151. The molecule has 92 valence electrons. The third kappa shape index (κ3) is 2.28. The third-order valence-electron chi connectivity index (χ3n) is 3.39. The van der Waals surface area contributed by atoms with Crippen LogP contribution in [0.1, 0.15) is 31.7 Å². The molecule has 0 amide bonds. The van der Waals surface area contributed by atoms with E-state index < -0.39 is 5.54 Å². The smallest absolute Gasteiger partial charge is 0.331 e. The molecule has 0 heterocycles. The molecule has 1 aliphatic rings. The van der Waals surface area contributed by atoms with Crippen LogP contribution in [0.25, 0.3) is 0 Å². The summed E-state index contributed by atoms with van der Waals surface area (Å²) in [4.78, 5) is 12.0. The molecule has 2 rings (SSSR count). The number of nitrogens with one attached hydrogen (secondary N) is 1. The molecular weight excluding hydrogens is 214 g/mol. The minimum Gasteiger partial charge on any atom is -0.464 e. The lowest BCUT2D eigenvalue weighted by Crippen LogP contribution is -2.53. The molecule has 1 aromatic rings. The van der Waals surface area contributed by atoms with Gasteiger partial charge in [-0.25, -0.2) is 4.79 Å². The van der Waals surface area contributed by atoms with E-state index in [4.69, 9.17) is 4.74 Å². The quantitative estimate of drug-likeness (QED) is 0.813. The third-order valence-corrected chi connectivity index (χ3v) is 3.39. The van der Waals surface area contributed by atoms with Crippen LogP contribution in [-0.2, 0) is 9.53 Å². The fourth-order valence-corrected chi connectivity index (χ4v) is 2.15. The average Bonchev–Trinajstić information content (AvgIpc) is 2.26. The highest BCUT2D eigenvalue weighted by atomic mass is 16.5. The van der Waals surface area contributed by atoms with Gasteiger partial charge in [0.15, 0.2) is 0 Å². The maximum absolute atomic E-state index is 12.0. The Morgan fingerprint density at radius 2 is 2.12 bits per heavy atom. The Morgan fingerprint density at radius 1 is 1.41 bits per heavy atom. The Morgan fingerprint density at radius 3 is 2.65 bits per heavy atom. The van der Waals surface area contributed by atoms with Crippen LogP contribution in [-0.4, -0.2) is 18.1 Å². The number of benzene rings is 1. The van der Waals surface area contributed by atoms with E-state index in [2.05, 4.69) is 5.32 Å². The first kappa shape index (κ1) is 12.0. The summed E-state index contributed by atoms with van der Waals surface area (Å²) in [5.74, 6) is -0.116. The Kier molecular flexibility index (Phi) is 3.36. The summed E-state index contributed by atoms with van der Waals surface area (Å²) in [5.41, 5.74) is 1.70. The number of esters is 1. The number of ether oxygens (including phenoxy) is 1. The fraction of sp³-hybridized carbons (Fsp3) is 0.500. The highest BCUT2D eigenvalue weighted by Gasteiger charge is 2.45. The maximum Gasteiger partial charge on any atom is 0.331 e. The van der Waals surface area contributed by atoms with Gasteiger partial charge in [-0.05, 0) is 44.7 Å². The molecular formula is C14H19NO2. The van der Waals surface area contributed by atoms with E-state index in [0.717, 1.165) is 30.5 Å². The highest BCUT2D eigenvalue weighted by Crippen LogP contribution is 2.37. The van der Waals surface area contributed by atoms with Crippen LogP contribution >= 0.6 is 0 Å². The fourth-order valence-electron chi connectivity index (χ4n) is 2.15. The summed E-state index contributed by atoms with van der Waals surface area (Å²) in [7, 11) is 0. The lowest BCUT2D eigenvalue weighted by Gasteiger charge is -2.40. The number of hydrogen-bond donors (Lipinski definition) is 1. The van der Waals surface area contributed by atoms with Gasteiger partial charge in [0.2, 0.25) is 0 Å². The van der Waals surface area contributed by atoms with Crippen molar-refractivity contribution in [2.24, 2.45) is 0 Å². The molecule has 17 heavy (non-hydrogen) atoms. The van der Waals surface area contributed by atoms with Gasteiger partial charge in [0.1, 0.15) is 5.54 Å². The molecule has 1 saturated carbocycles. The molecule has 1 fully saturated rings. The number of aryl methyl sites for hydroxylation is 1. The molecule has 1 aromatic carbocycles. The number of hydrogen-bond acceptors (Lipinski definition) is 3. The van der Waals surface area contributed by atoms with Crippen molar-refractivity contribution in [1.29, 1.82) is 0 Å². The van der Waals surface area contributed by atoms with E-state index in [-0.39, 0.29) is 5.97 Å².